The van der Waals surface area contributed by atoms with Crippen LogP contribution in [0, 0.1) is 5.41 Å². The van der Waals surface area contributed by atoms with Gasteiger partial charge < -0.3 is 20.1 Å². The maximum Gasteiger partial charge on any atom is 0.228 e. The van der Waals surface area contributed by atoms with Crippen LogP contribution in [0.3, 0.4) is 0 Å². The average Bonchev–Trinajstić information content (AvgIpc) is 2.37. The van der Waals surface area contributed by atoms with E-state index in [1.54, 1.807) is 14.2 Å². The lowest BCUT2D eigenvalue weighted by molar-refractivity contribution is -0.137. The average molecular weight is 258 g/mol. The molecule has 106 valence electrons. The molecule has 0 aromatic heterocycles. The van der Waals surface area contributed by atoms with Crippen LogP contribution in [-0.4, -0.2) is 52.0 Å². The Morgan fingerprint density at radius 3 is 2.44 bits per heavy atom. The van der Waals surface area contributed by atoms with Gasteiger partial charge in [0, 0.05) is 20.8 Å². The van der Waals surface area contributed by atoms with Gasteiger partial charge in [-0.05, 0) is 39.8 Å². The number of ether oxygens (including phenoxy) is 2. The van der Waals surface area contributed by atoms with E-state index in [1.807, 2.05) is 13.8 Å². The molecule has 18 heavy (non-hydrogen) atoms. The molecule has 0 radical (unpaired) electrons. The molecule has 0 spiro atoms. The molecular formula is C13H26N2O3. The summed E-state index contributed by atoms with van der Waals surface area (Å²) in [5.41, 5.74) is -0.722. The predicted molar refractivity (Wildman–Crippen MR) is 70.5 cm³/mol. The second-order valence-electron chi connectivity index (χ2n) is 5.61. The van der Waals surface area contributed by atoms with Crippen LogP contribution in [0.1, 0.15) is 26.7 Å². The van der Waals surface area contributed by atoms with Gasteiger partial charge in [0.2, 0.25) is 5.91 Å². The molecule has 0 aromatic carbocycles. The number of hydrogen-bond donors (Lipinski definition) is 2. The van der Waals surface area contributed by atoms with E-state index in [9.17, 15) is 4.79 Å². The molecular weight excluding hydrogens is 232 g/mol. The molecule has 1 aliphatic heterocycles. The van der Waals surface area contributed by atoms with Crippen LogP contribution >= 0.6 is 0 Å². The number of rotatable bonds is 6. The second kappa shape index (κ2) is 6.50. The highest BCUT2D eigenvalue weighted by Gasteiger charge is 2.40. The topological polar surface area (TPSA) is 59.6 Å². The van der Waals surface area contributed by atoms with Gasteiger partial charge in [-0.1, -0.05) is 0 Å². The fraction of sp³-hybridized carbons (Fsp3) is 0.923. The van der Waals surface area contributed by atoms with Gasteiger partial charge in [-0.15, -0.1) is 0 Å². The summed E-state index contributed by atoms with van der Waals surface area (Å²) < 4.78 is 10.6. The Labute approximate surface area is 110 Å². The molecule has 0 saturated carbocycles. The molecule has 0 atom stereocenters. The standard InChI is InChI=1S/C13H26N2O3/c1-12(2,18-4)9-15-11(16)13(10-17-3)5-7-14-8-6-13/h14H,5-10H2,1-4H3,(H,15,16). The van der Waals surface area contributed by atoms with Crippen LogP contribution in [0.4, 0.5) is 0 Å². The zero-order valence-electron chi connectivity index (χ0n) is 12.0. The lowest BCUT2D eigenvalue weighted by atomic mass is 9.78. The molecule has 0 unspecified atom stereocenters. The van der Waals surface area contributed by atoms with Gasteiger partial charge in [-0.3, -0.25) is 4.79 Å². The van der Waals surface area contributed by atoms with Gasteiger partial charge in [0.05, 0.1) is 17.6 Å². The van der Waals surface area contributed by atoms with Crippen LogP contribution in [0.5, 0.6) is 0 Å². The Kier molecular flexibility index (Phi) is 5.56. The summed E-state index contributed by atoms with van der Waals surface area (Å²) in [5.74, 6) is 0.0796. The maximum absolute atomic E-state index is 12.4. The normalized spacial score (nSPS) is 19.6. The summed E-state index contributed by atoms with van der Waals surface area (Å²) in [6.45, 7) is 6.64. The molecule has 1 aliphatic rings. The van der Waals surface area contributed by atoms with Crippen molar-refractivity contribution in [1.29, 1.82) is 0 Å². The summed E-state index contributed by atoms with van der Waals surface area (Å²) in [6, 6.07) is 0. The van der Waals surface area contributed by atoms with Crippen molar-refractivity contribution in [3.8, 4) is 0 Å². The van der Waals surface area contributed by atoms with E-state index in [2.05, 4.69) is 10.6 Å². The van der Waals surface area contributed by atoms with Gasteiger partial charge in [-0.25, -0.2) is 0 Å². The first-order chi connectivity index (χ1) is 8.46. The van der Waals surface area contributed by atoms with E-state index in [4.69, 9.17) is 9.47 Å². The monoisotopic (exact) mass is 258 g/mol. The number of hydrogen-bond acceptors (Lipinski definition) is 4. The minimum absolute atomic E-state index is 0.0796. The third-order valence-corrected chi connectivity index (χ3v) is 3.69. The third kappa shape index (κ3) is 3.93. The molecule has 1 rings (SSSR count). The van der Waals surface area contributed by atoms with Crippen molar-refractivity contribution < 1.29 is 14.3 Å². The number of methoxy groups -OCH3 is 2. The second-order valence-corrected chi connectivity index (χ2v) is 5.61. The van der Waals surface area contributed by atoms with Crippen molar-refractivity contribution in [3.05, 3.63) is 0 Å². The van der Waals surface area contributed by atoms with Crippen LogP contribution in [-0.2, 0) is 14.3 Å². The van der Waals surface area contributed by atoms with E-state index >= 15 is 0 Å². The lowest BCUT2D eigenvalue weighted by Crippen LogP contribution is -2.52. The number of amides is 1. The van der Waals surface area contributed by atoms with Gasteiger partial charge in [0.1, 0.15) is 0 Å². The molecule has 0 bridgehead atoms. The van der Waals surface area contributed by atoms with E-state index in [1.165, 1.54) is 0 Å². The van der Waals surface area contributed by atoms with E-state index in [0.29, 0.717) is 13.2 Å². The molecule has 5 nitrogen and oxygen atoms in total. The Bertz CT molecular complexity index is 268. The van der Waals surface area contributed by atoms with Crippen LogP contribution in [0.15, 0.2) is 0 Å². The molecule has 1 fully saturated rings. The highest BCUT2D eigenvalue weighted by Crippen LogP contribution is 2.29. The summed E-state index contributed by atoms with van der Waals surface area (Å²) in [6.07, 6.45) is 1.64. The fourth-order valence-corrected chi connectivity index (χ4v) is 2.17. The smallest absolute Gasteiger partial charge is 0.228 e. The zero-order chi connectivity index (χ0) is 13.6. The summed E-state index contributed by atoms with van der Waals surface area (Å²) >= 11 is 0. The first-order valence-electron chi connectivity index (χ1n) is 6.49. The zero-order valence-corrected chi connectivity index (χ0v) is 12.0. The Morgan fingerprint density at radius 1 is 1.33 bits per heavy atom. The van der Waals surface area contributed by atoms with Crippen molar-refractivity contribution in [1.82, 2.24) is 10.6 Å². The molecule has 5 heteroatoms. The Balaban J connectivity index is 2.60. The SMILES string of the molecule is COCC1(C(=O)NCC(C)(C)OC)CCNCC1. The van der Waals surface area contributed by atoms with Crippen LogP contribution in [0.25, 0.3) is 0 Å². The molecule has 1 heterocycles. The quantitative estimate of drug-likeness (QED) is 0.730. The maximum atomic E-state index is 12.4. The third-order valence-electron chi connectivity index (χ3n) is 3.69. The number of carbonyl (C=O) groups excluding carboxylic acids is 1. The van der Waals surface area contributed by atoms with Gasteiger partial charge >= 0.3 is 0 Å². The first kappa shape index (κ1) is 15.4. The predicted octanol–water partition coefficient (Wildman–Crippen LogP) is 0.544. The van der Waals surface area contributed by atoms with Crippen molar-refractivity contribution in [2.24, 2.45) is 5.41 Å². The van der Waals surface area contributed by atoms with Crippen molar-refractivity contribution in [2.45, 2.75) is 32.3 Å². The minimum Gasteiger partial charge on any atom is -0.384 e. The van der Waals surface area contributed by atoms with Crippen molar-refractivity contribution in [3.63, 3.8) is 0 Å². The summed E-state index contributed by atoms with van der Waals surface area (Å²) in [7, 11) is 3.30. The largest absolute Gasteiger partial charge is 0.384 e. The highest BCUT2D eigenvalue weighted by atomic mass is 16.5. The summed E-state index contributed by atoms with van der Waals surface area (Å²) in [5, 5.41) is 6.27. The molecule has 1 saturated heterocycles. The van der Waals surface area contributed by atoms with Gasteiger partial charge in [0.25, 0.3) is 0 Å². The molecule has 0 aromatic rings. The number of nitrogens with one attached hydrogen (secondary N) is 2. The number of carbonyl (C=O) groups is 1. The molecule has 1 amide bonds. The molecule has 2 N–H and O–H groups in total. The van der Waals surface area contributed by atoms with Gasteiger partial charge in [0.15, 0.2) is 0 Å². The molecule has 0 aliphatic carbocycles. The fourth-order valence-electron chi connectivity index (χ4n) is 2.17. The number of piperidine rings is 1. The van der Waals surface area contributed by atoms with Crippen molar-refractivity contribution >= 4 is 5.91 Å². The Morgan fingerprint density at radius 2 is 1.94 bits per heavy atom. The van der Waals surface area contributed by atoms with E-state index in [0.717, 1.165) is 25.9 Å². The highest BCUT2D eigenvalue weighted by molar-refractivity contribution is 5.83. The van der Waals surface area contributed by atoms with Gasteiger partial charge in [-0.2, -0.15) is 0 Å². The van der Waals surface area contributed by atoms with E-state index < -0.39 is 0 Å². The summed E-state index contributed by atoms with van der Waals surface area (Å²) in [4.78, 5) is 12.4. The van der Waals surface area contributed by atoms with E-state index in [-0.39, 0.29) is 16.9 Å². The minimum atomic E-state index is -0.385. The van der Waals surface area contributed by atoms with Crippen LogP contribution in [0.2, 0.25) is 0 Å². The van der Waals surface area contributed by atoms with Crippen LogP contribution < -0.4 is 10.6 Å². The van der Waals surface area contributed by atoms with Crippen molar-refractivity contribution in [2.75, 3.05) is 40.5 Å². The lowest BCUT2D eigenvalue weighted by Gasteiger charge is -2.36. The Hall–Kier alpha value is -0.650. The first-order valence-corrected chi connectivity index (χ1v) is 6.49.